The summed E-state index contributed by atoms with van der Waals surface area (Å²) in [4.78, 5) is 5.03. The Kier molecular flexibility index (Phi) is 5.37. The van der Waals surface area contributed by atoms with E-state index < -0.39 is 0 Å². The largest absolute Gasteiger partial charge is 0.396 e. The first-order valence-electron chi connectivity index (χ1n) is 7.33. The van der Waals surface area contributed by atoms with Gasteiger partial charge in [-0.15, -0.1) is 0 Å². The lowest BCUT2D eigenvalue weighted by Gasteiger charge is -2.43. The molecule has 1 aliphatic rings. The minimum Gasteiger partial charge on any atom is -0.396 e. The van der Waals surface area contributed by atoms with Gasteiger partial charge in [0.25, 0.3) is 0 Å². The van der Waals surface area contributed by atoms with E-state index in [-0.39, 0.29) is 6.61 Å². The Morgan fingerprint density at radius 2 is 1.95 bits per heavy atom. The molecule has 1 unspecified atom stereocenters. The standard InChI is InChI=1S/C16H26N2O/c1-14(2)17-9-10-18(16(13-17)8-11-19)12-15-6-4-3-5-7-15/h3-7,14,16,19H,8-13H2,1-2H3. The molecule has 0 radical (unpaired) electrons. The van der Waals surface area contributed by atoms with E-state index in [1.807, 2.05) is 0 Å². The van der Waals surface area contributed by atoms with Crippen LogP contribution in [0.25, 0.3) is 0 Å². The van der Waals surface area contributed by atoms with E-state index in [0.29, 0.717) is 12.1 Å². The maximum absolute atomic E-state index is 9.28. The molecule has 1 N–H and O–H groups in total. The Hall–Kier alpha value is -0.900. The first-order valence-corrected chi connectivity index (χ1v) is 7.33. The van der Waals surface area contributed by atoms with Crippen LogP contribution in [0.3, 0.4) is 0 Å². The predicted octanol–water partition coefficient (Wildman–Crippen LogP) is 1.96. The minimum absolute atomic E-state index is 0.280. The molecular formula is C16H26N2O. The average Bonchev–Trinajstić information content (AvgIpc) is 2.42. The van der Waals surface area contributed by atoms with Crippen LogP contribution in [0, 0.1) is 0 Å². The highest BCUT2D eigenvalue weighted by atomic mass is 16.3. The van der Waals surface area contributed by atoms with Crippen LogP contribution in [0.2, 0.25) is 0 Å². The minimum atomic E-state index is 0.280. The van der Waals surface area contributed by atoms with Crippen LogP contribution in [0.5, 0.6) is 0 Å². The quantitative estimate of drug-likeness (QED) is 0.879. The molecule has 1 heterocycles. The molecule has 1 aromatic rings. The van der Waals surface area contributed by atoms with Gasteiger partial charge in [0.1, 0.15) is 0 Å². The lowest BCUT2D eigenvalue weighted by molar-refractivity contribution is 0.0389. The van der Waals surface area contributed by atoms with E-state index in [9.17, 15) is 5.11 Å². The molecule has 3 heteroatoms. The van der Waals surface area contributed by atoms with Crippen LogP contribution in [0.1, 0.15) is 25.8 Å². The molecule has 106 valence electrons. The highest BCUT2D eigenvalue weighted by Crippen LogP contribution is 2.17. The zero-order valence-electron chi connectivity index (χ0n) is 12.1. The van der Waals surface area contributed by atoms with Crippen molar-refractivity contribution < 1.29 is 5.11 Å². The summed E-state index contributed by atoms with van der Waals surface area (Å²) in [5.41, 5.74) is 1.36. The number of hydrogen-bond donors (Lipinski definition) is 1. The Morgan fingerprint density at radius 3 is 2.58 bits per heavy atom. The summed E-state index contributed by atoms with van der Waals surface area (Å²) in [6.45, 7) is 9.08. The van der Waals surface area contributed by atoms with Gasteiger partial charge in [0.15, 0.2) is 0 Å². The third-order valence-corrected chi connectivity index (χ3v) is 4.06. The van der Waals surface area contributed by atoms with Crippen molar-refractivity contribution in [2.75, 3.05) is 26.2 Å². The predicted molar refractivity (Wildman–Crippen MR) is 79.1 cm³/mol. The number of piperazine rings is 1. The molecule has 0 amide bonds. The maximum atomic E-state index is 9.28. The number of aliphatic hydroxyl groups is 1. The first-order chi connectivity index (χ1) is 9.20. The summed E-state index contributed by atoms with van der Waals surface area (Å²) < 4.78 is 0. The normalized spacial score (nSPS) is 22.0. The second kappa shape index (κ2) is 7.04. The number of nitrogens with zero attached hydrogens (tertiary/aromatic N) is 2. The highest BCUT2D eigenvalue weighted by molar-refractivity contribution is 5.14. The van der Waals surface area contributed by atoms with Gasteiger partial charge in [0.2, 0.25) is 0 Å². The van der Waals surface area contributed by atoms with Crippen LogP contribution in [0.4, 0.5) is 0 Å². The van der Waals surface area contributed by atoms with Crippen molar-refractivity contribution in [1.82, 2.24) is 9.80 Å². The van der Waals surface area contributed by atoms with Crippen molar-refractivity contribution in [1.29, 1.82) is 0 Å². The Balaban J connectivity index is 1.99. The average molecular weight is 262 g/mol. The molecule has 0 aliphatic carbocycles. The van der Waals surface area contributed by atoms with Gasteiger partial charge in [-0.05, 0) is 25.8 Å². The molecule has 19 heavy (non-hydrogen) atoms. The third kappa shape index (κ3) is 4.03. The van der Waals surface area contributed by atoms with Gasteiger partial charge >= 0.3 is 0 Å². The summed E-state index contributed by atoms with van der Waals surface area (Å²) >= 11 is 0. The fourth-order valence-corrected chi connectivity index (χ4v) is 2.83. The van der Waals surface area contributed by atoms with E-state index in [1.165, 1.54) is 5.56 Å². The molecule has 3 nitrogen and oxygen atoms in total. The molecule has 1 aliphatic heterocycles. The van der Waals surface area contributed by atoms with Crippen LogP contribution >= 0.6 is 0 Å². The number of aliphatic hydroxyl groups excluding tert-OH is 1. The molecule has 1 saturated heterocycles. The van der Waals surface area contributed by atoms with Crippen LogP contribution in [-0.4, -0.2) is 53.2 Å². The van der Waals surface area contributed by atoms with Crippen molar-refractivity contribution in [2.24, 2.45) is 0 Å². The molecule has 0 spiro atoms. The lowest BCUT2D eigenvalue weighted by Crippen LogP contribution is -2.54. The molecule has 2 rings (SSSR count). The summed E-state index contributed by atoms with van der Waals surface area (Å²) in [5, 5.41) is 9.28. The second-order valence-corrected chi connectivity index (χ2v) is 5.71. The highest BCUT2D eigenvalue weighted by Gasteiger charge is 2.27. The van der Waals surface area contributed by atoms with E-state index in [1.54, 1.807) is 0 Å². The van der Waals surface area contributed by atoms with E-state index in [0.717, 1.165) is 32.6 Å². The molecular weight excluding hydrogens is 236 g/mol. The van der Waals surface area contributed by atoms with E-state index >= 15 is 0 Å². The summed E-state index contributed by atoms with van der Waals surface area (Å²) in [6.07, 6.45) is 0.871. The smallest absolute Gasteiger partial charge is 0.0446 e. The number of benzene rings is 1. The molecule has 0 bridgehead atoms. The topological polar surface area (TPSA) is 26.7 Å². The van der Waals surface area contributed by atoms with Gasteiger partial charge in [0.05, 0.1) is 0 Å². The fraction of sp³-hybridized carbons (Fsp3) is 0.625. The van der Waals surface area contributed by atoms with Crippen LogP contribution in [0.15, 0.2) is 30.3 Å². The van der Waals surface area contributed by atoms with Crippen LogP contribution < -0.4 is 0 Å². The molecule has 0 aromatic heterocycles. The molecule has 0 saturated carbocycles. The van der Waals surface area contributed by atoms with Crippen LogP contribution in [-0.2, 0) is 6.54 Å². The Bertz CT molecular complexity index is 366. The summed E-state index contributed by atoms with van der Waals surface area (Å²) in [7, 11) is 0. The number of hydrogen-bond acceptors (Lipinski definition) is 3. The summed E-state index contributed by atoms with van der Waals surface area (Å²) in [6, 6.07) is 11.7. The van der Waals surface area contributed by atoms with Crippen molar-refractivity contribution in [3.8, 4) is 0 Å². The molecule has 1 aromatic carbocycles. The van der Waals surface area contributed by atoms with E-state index in [4.69, 9.17) is 0 Å². The second-order valence-electron chi connectivity index (χ2n) is 5.71. The molecule has 1 atom stereocenters. The van der Waals surface area contributed by atoms with Crippen molar-refractivity contribution >= 4 is 0 Å². The van der Waals surface area contributed by atoms with Gasteiger partial charge < -0.3 is 5.11 Å². The SMILES string of the molecule is CC(C)N1CCN(Cc2ccccc2)C(CCO)C1. The first kappa shape index (κ1) is 14.5. The van der Waals surface area contributed by atoms with Gasteiger partial charge in [-0.1, -0.05) is 30.3 Å². The Labute approximate surface area is 116 Å². The van der Waals surface area contributed by atoms with Gasteiger partial charge in [0, 0.05) is 44.9 Å². The van der Waals surface area contributed by atoms with Crippen molar-refractivity contribution in [2.45, 2.75) is 38.9 Å². The molecule has 1 fully saturated rings. The maximum Gasteiger partial charge on any atom is 0.0446 e. The Morgan fingerprint density at radius 1 is 1.21 bits per heavy atom. The summed E-state index contributed by atoms with van der Waals surface area (Å²) in [5.74, 6) is 0. The van der Waals surface area contributed by atoms with Crippen molar-refractivity contribution in [3.05, 3.63) is 35.9 Å². The lowest BCUT2D eigenvalue weighted by atomic mass is 10.1. The van der Waals surface area contributed by atoms with Gasteiger partial charge in [-0.3, -0.25) is 9.80 Å². The van der Waals surface area contributed by atoms with Gasteiger partial charge in [-0.25, -0.2) is 0 Å². The number of rotatable bonds is 5. The fourth-order valence-electron chi connectivity index (χ4n) is 2.83. The van der Waals surface area contributed by atoms with Crippen molar-refractivity contribution in [3.63, 3.8) is 0 Å². The zero-order valence-corrected chi connectivity index (χ0v) is 12.1. The third-order valence-electron chi connectivity index (χ3n) is 4.06. The zero-order chi connectivity index (χ0) is 13.7. The monoisotopic (exact) mass is 262 g/mol. The van der Waals surface area contributed by atoms with Gasteiger partial charge in [-0.2, -0.15) is 0 Å². The van der Waals surface area contributed by atoms with E-state index in [2.05, 4.69) is 54.0 Å².